The molecular formula is C18H19BrN2O2. The molecule has 0 radical (unpaired) electrons. The molecule has 0 aliphatic heterocycles. The predicted octanol–water partition coefficient (Wildman–Crippen LogP) is 3.57. The molecule has 2 aromatic rings. The third-order valence-electron chi connectivity index (χ3n) is 3.46. The number of carbonyl (C=O) groups excluding carboxylic acids is 2. The summed E-state index contributed by atoms with van der Waals surface area (Å²) < 4.78 is 0.744. The fourth-order valence-corrected chi connectivity index (χ4v) is 2.65. The zero-order valence-electron chi connectivity index (χ0n) is 13.2. The third-order valence-corrected chi connectivity index (χ3v) is 4.12. The van der Waals surface area contributed by atoms with E-state index < -0.39 is 11.8 Å². The minimum Gasteiger partial charge on any atom is -0.344 e. The molecule has 2 rings (SSSR count). The number of hydrogen-bond acceptors (Lipinski definition) is 2. The van der Waals surface area contributed by atoms with Gasteiger partial charge in [0.25, 0.3) is 0 Å². The number of halogens is 1. The maximum Gasteiger partial charge on any atom is 0.313 e. The predicted molar refractivity (Wildman–Crippen MR) is 95.2 cm³/mol. The van der Waals surface area contributed by atoms with Crippen molar-refractivity contribution in [3.8, 4) is 0 Å². The minimum atomic E-state index is -0.681. The monoisotopic (exact) mass is 374 g/mol. The lowest BCUT2D eigenvalue weighted by molar-refractivity contribution is -0.136. The Kier molecular flexibility index (Phi) is 5.93. The summed E-state index contributed by atoms with van der Waals surface area (Å²) in [5, 5.41) is 5.21. The lowest BCUT2D eigenvalue weighted by Crippen LogP contribution is -2.35. The average Bonchev–Trinajstić information content (AvgIpc) is 2.55. The molecule has 0 aromatic heterocycles. The van der Waals surface area contributed by atoms with E-state index in [1.165, 1.54) is 5.56 Å². The second-order valence-corrected chi connectivity index (χ2v) is 6.14. The molecule has 2 aromatic carbocycles. The van der Waals surface area contributed by atoms with Crippen LogP contribution in [0.2, 0.25) is 0 Å². The standard InChI is InChI=1S/C18H19BrN2O2/c1-3-13-5-7-14(8-6-13)11-20-17(22)18(23)21-16-9-4-12(2)10-15(16)19/h4-10H,3,11H2,1-2H3,(H,20,22)(H,21,23). The first-order valence-corrected chi connectivity index (χ1v) is 8.22. The quantitative estimate of drug-likeness (QED) is 0.803. The Morgan fingerprint density at radius 2 is 1.65 bits per heavy atom. The Balaban J connectivity index is 1.90. The zero-order valence-corrected chi connectivity index (χ0v) is 14.7. The highest BCUT2D eigenvalue weighted by Gasteiger charge is 2.14. The van der Waals surface area contributed by atoms with E-state index in [-0.39, 0.29) is 0 Å². The van der Waals surface area contributed by atoms with E-state index in [0.717, 1.165) is 22.0 Å². The number of hydrogen-bond donors (Lipinski definition) is 2. The fourth-order valence-electron chi connectivity index (χ4n) is 2.06. The van der Waals surface area contributed by atoms with Crippen molar-refractivity contribution in [2.75, 3.05) is 5.32 Å². The Labute approximate surface area is 144 Å². The first-order chi connectivity index (χ1) is 11.0. The number of anilines is 1. The second-order valence-electron chi connectivity index (χ2n) is 5.29. The summed E-state index contributed by atoms with van der Waals surface area (Å²) in [5.74, 6) is -1.34. The van der Waals surface area contributed by atoms with Crippen molar-refractivity contribution in [3.05, 3.63) is 63.6 Å². The maximum atomic E-state index is 11.9. The SMILES string of the molecule is CCc1ccc(CNC(=O)C(=O)Nc2ccc(C)cc2Br)cc1. The van der Waals surface area contributed by atoms with Gasteiger partial charge in [0, 0.05) is 11.0 Å². The van der Waals surface area contributed by atoms with Crippen LogP contribution in [-0.4, -0.2) is 11.8 Å². The van der Waals surface area contributed by atoms with Gasteiger partial charge in [-0.2, -0.15) is 0 Å². The summed E-state index contributed by atoms with van der Waals surface area (Å²) in [6.45, 7) is 4.36. The minimum absolute atomic E-state index is 0.325. The largest absolute Gasteiger partial charge is 0.344 e. The van der Waals surface area contributed by atoms with Crippen molar-refractivity contribution in [2.24, 2.45) is 0 Å². The van der Waals surface area contributed by atoms with Gasteiger partial charge in [-0.1, -0.05) is 37.3 Å². The van der Waals surface area contributed by atoms with Crippen LogP contribution in [0.15, 0.2) is 46.9 Å². The molecule has 0 saturated carbocycles. The summed E-state index contributed by atoms with van der Waals surface area (Å²) in [5.41, 5.74) is 3.83. The van der Waals surface area contributed by atoms with Gasteiger partial charge < -0.3 is 10.6 Å². The van der Waals surface area contributed by atoms with Crippen molar-refractivity contribution in [1.82, 2.24) is 5.32 Å². The maximum absolute atomic E-state index is 11.9. The molecule has 2 amide bonds. The summed E-state index contributed by atoms with van der Waals surface area (Å²) in [6.07, 6.45) is 0.973. The van der Waals surface area contributed by atoms with Gasteiger partial charge in [-0.15, -0.1) is 0 Å². The van der Waals surface area contributed by atoms with Gasteiger partial charge >= 0.3 is 11.8 Å². The molecule has 0 aliphatic carbocycles. The van der Waals surface area contributed by atoms with E-state index >= 15 is 0 Å². The second kappa shape index (κ2) is 7.92. The molecule has 0 spiro atoms. The number of benzene rings is 2. The van der Waals surface area contributed by atoms with Gasteiger partial charge in [0.15, 0.2) is 0 Å². The molecule has 120 valence electrons. The number of amides is 2. The Morgan fingerprint density at radius 3 is 2.26 bits per heavy atom. The number of rotatable bonds is 4. The summed E-state index contributed by atoms with van der Waals surface area (Å²) in [4.78, 5) is 23.8. The van der Waals surface area contributed by atoms with Crippen LogP contribution in [0.5, 0.6) is 0 Å². The molecule has 0 heterocycles. The lowest BCUT2D eigenvalue weighted by Gasteiger charge is -2.09. The highest BCUT2D eigenvalue weighted by molar-refractivity contribution is 9.10. The fraction of sp³-hybridized carbons (Fsp3) is 0.222. The van der Waals surface area contributed by atoms with Crippen LogP contribution >= 0.6 is 15.9 Å². The van der Waals surface area contributed by atoms with Gasteiger partial charge in [-0.3, -0.25) is 9.59 Å². The molecule has 0 bridgehead atoms. The summed E-state index contributed by atoms with van der Waals surface area (Å²) in [7, 11) is 0. The van der Waals surface area contributed by atoms with Crippen LogP contribution in [0.25, 0.3) is 0 Å². The van der Waals surface area contributed by atoms with Gasteiger partial charge in [0.05, 0.1) is 5.69 Å². The molecule has 0 saturated heterocycles. The summed E-state index contributed by atoms with van der Waals surface area (Å²) in [6, 6.07) is 13.4. The number of aryl methyl sites for hydroxylation is 2. The molecule has 0 atom stereocenters. The molecular weight excluding hydrogens is 356 g/mol. The highest BCUT2D eigenvalue weighted by Crippen LogP contribution is 2.23. The zero-order chi connectivity index (χ0) is 16.8. The average molecular weight is 375 g/mol. The van der Waals surface area contributed by atoms with E-state index in [1.807, 2.05) is 43.3 Å². The molecule has 23 heavy (non-hydrogen) atoms. The van der Waals surface area contributed by atoms with E-state index in [0.29, 0.717) is 12.2 Å². The van der Waals surface area contributed by atoms with Crippen molar-refractivity contribution in [2.45, 2.75) is 26.8 Å². The molecule has 2 N–H and O–H groups in total. The first kappa shape index (κ1) is 17.2. The van der Waals surface area contributed by atoms with Crippen LogP contribution in [0.3, 0.4) is 0 Å². The van der Waals surface area contributed by atoms with Crippen LogP contribution in [0.4, 0.5) is 5.69 Å². The van der Waals surface area contributed by atoms with Gasteiger partial charge in [-0.05, 0) is 58.1 Å². The van der Waals surface area contributed by atoms with Crippen LogP contribution in [0.1, 0.15) is 23.6 Å². The lowest BCUT2D eigenvalue weighted by atomic mass is 10.1. The normalized spacial score (nSPS) is 10.2. The number of carbonyl (C=O) groups is 2. The first-order valence-electron chi connectivity index (χ1n) is 7.42. The molecule has 0 aliphatic rings. The molecule has 5 heteroatoms. The Hall–Kier alpha value is -2.14. The third kappa shape index (κ3) is 4.93. The van der Waals surface area contributed by atoms with Gasteiger partial charge in [-0.25, -0.2) is 0 Å². The summed E-state index contributed by atoms with van der Waals surface area (Å²) >= 11 is 3.37. The van der Waals surface area contributed by atoms with Crippen LogP contribution in [-0.2, 0) is 22.6 Å². The molecule has 0 fully saturated rings. The Bertz CT molecular complexity index is 711. The van der Waals surface area contributed by atoms with E-state index in [2.05, 4.69) is 33.5 Å². The Morgan fingerprint density at radius 1 is 1.00 bits per heavy atom. The smallest absolute Gasteiger partial charge is 0.313 e. The van der Waals surface area contributed by atoms with E-state index in [1.54, 1.807) is 6.07 Å². The molecule has 0 unspecified atom stereocenters. The van der Waals surface area contributed by atoms with Crippen LogP contribution in [0, 0.1) is 6.92 Å². The van der Waals surface area contributed by atoms with E-state index in [4.69, 9.17) is 0 Å². The molecule has 4 nitrogen and oxygen atoms in total. The van der Waals surface area contributed by atoms with Crippen LogP contribution < -0.4 is 10.6 Å². The topological polar surface area (TPSA) is 58.2 Å². The van der Waals surface area contributed by atoms with E-state index in [9.17, 15) is 9.59 Å². The van der Waals surface area contributed by atoms with Gasteiger partial charge in [0.1, 0.15) is 0 Å². The van der Waals surface area contributed by atoms with Crippen molar-refractivity contribution in [3.63, 3.8) is 0 Å². The van der Waals surface area contributed by atoms with Crippen molar-refractivity contribution >= 4 is 33.4 Å². The van der Waals surface area contributed by atoms with Crippen molar-refractivity contribution < 1.29 is 9.59 Å². The number of nitrogens with one attached hydrogen (secondary N) is 2. The van der Waals surface area contributed by atoms with Gasteiger partial charge in [0.2, 0.25) is 0 Å². The highest BCUT2D eigenvalue weighted by atomic mass is 79.9. The van der Waals surface area contributed by atoms with Crippen molar-refractivity contribution in [1.29, 1.82) is 0 Å².